The Kier molecular flexibility index (Phi) is 5.88. The largest absolute Gasteiger partial charge is 0.459 e. The molecule has 10 nitrogen and oxygen atoms in total. The van der Waals surface area contributed by atoms with Crippen LogP contribution in [-0.2, 0) is 9.53 Å². The number of esters is 1. The Balaban J connectivity index is 1.51. The fourth-order valence-electron chi connectivity index (χ4n) is 3.60. The van der Waals surface area contributed by atoms with Crippen LogP contribution >= 0.6 is 0 Å². The highest BCUT2D eigenvalue weighted by molar-refractivity contribution is 5.82. The van der Waals surface area contributed by atoms with Gasteiger partial charge in [-0.1, -0.05) is 0 Å². The second-order valence-electron chi connectivity index (χ2n) is 9.04. The molecular weight excluding hydrogens is 463 g/mol. The molecule has 0 aliphatic rings. The van der Waals surface area contributed by atoms with Gasteiger partial charge in [0, 0.05) is 23.5 Å². The molecule has 1 N–H and O–H groups in total. The van der Waals surface area contributed by atoms with Crippen molar-refractivity contribution in [1.29, 1.82) is 0 Å². The van der Waals surface area contributed by atoms with Gasteiger partial charge in [0.15, 0.2) is 11.5 Å². The number of pyridine rings is 1. The molecule has 0 aliphatic carbocycles. The molecule has 0 spiro atoms. The first-order valence-corrected chi connectivity index (χ1v) is 11.2. The van der Waals surface area contributed by atoms with E-state index < -0.39 is 5.60 Å². The van der Waals surface area contributed by atoms with Gasteiger partial charge in [-0.05, 0) is 74.9 Å². The van der Waals surface area contributed by atoms with E-state index in [-0.39, 0.29) is 18.3 Å². The van der Waals surface area contributed by atoms with Crippen molar-refractivity contribution in [2.75, 3.05) is 11.9 Å². The second-order valence-corrected chi connectivity index (χ2v) is 9.04. The molecule has 1 aromatic carbocycles. The van der Waals surface area contributed by atoms with Crippen LogP contribution < -0.4 is 5.32 Å². The maximum Gasteiger partial charge on any atom is 0.325 e. The van der Waals surface area contributed by atoms with Gasteiger partial charge in [0.25, 0.3) is 0 Å². The van der Waals surface area contributed by atoms with Gasteiger partial charge in [0.05, 0.1) is 0 Å². The summed E-state index contributed by atoms with van der Waals surface area (Å²) in [7, 11) is 0. The number of nitrogens with one attached hydrogen (secondary N) is 1. The maximum absolute atomic E-state index is 13.6. The van der Waals surface area contributed by atoms with Crippen molar-refractivity contribution in [2.45, 2.75) is 26.4 Å². The van der Waals surface area contributed by atoms with Crippen molar-refractivity contribution in [3.63, 3.8) is 0 Å². The third-order valence-electron chi connectivity index (χ3n) is 5.12. The van der Waals surface area contributed by atoms with E-state index in [2.05, 4.69) is 25.6 Å². The number of benzene rings is 1. The number of rotatable bonds is 6. The molecule has 0 atom stereocenters. The molecule has 11 heteroatoms. The standard InChI is InChI=1S/C25H23FN8O2/c1-25(2,3)36-23(35)13-28-20-12-17(10-11-27-20)19-14-33(22-9-8-21-30-29-15-34(21)31-22)32-24(19)16-4-6-18(26)7-5-16/h4-12,14-15H,13H2,1-3H3,(H,27,28). The third kappa shape index (κ3) is 5.04. The third-order valence-corrected chi connectivity index (χ3v) is 5.12. The van der Waals surface area contributed by atoms with Gasteiger partial charge in [-0.3, -0.25) is 4.79 Å². The quantitative estimate of drug-likeness (QED) is 0.359. The molecule has 0 amide bonds. The monoisotopic (exact) mass is 486 g/mol. The second kappa shape index (κ2) is 9.17. The number of halogens is 1. The molecule has 5 rings (SSSR count). The van der Waals surface area contributed by atoms with Crippen LogP contribution in [0, 0.1) is 5.82 Å². The summed E-state index contributed by atoms with van der Waals surface area (Å²) in [6, 6.07) is 13.4. The Morgan fingerprint density at radius 1 is 1.06 bits per heavy atom. The number of ether oxygens (including phenoxy) is 1. The first-order valence-electron chi connectivity index (χ1n) is 11.2. The van der Waals surface area contributed by atoms with E-state index in [0.29, 0.717) is 23.0 Å². The Morgan fingerprint density at radius 2 is 1.86 bits per heavy atom. The normalized spacial score (nSPS) is 11.6. The van der Waals surface area contributed by atoms with Gasteiger partial charge in [-0.25, -0.2) is 14.1 Å². The first-order chi connectivity index (χ1) is 17.2. The van der Waals surface area contributed by atoms with E-state index in [4.69, 9.17) is 9.84 Å². The summed E-state index contributed by atoms with van der Waals surface area (Å²) in [5.74, 6) is 0.330. The summed E-state index contributed by atoms with van der Waals surface area (Å²) in [5, 5.41) is 20.1. The maximum atomic E-state index is 13.6. The number of anilines is 1. The lowest BCUT2D eigenvalue weighted by Gasteiger charge is -2.19. The highest BCUT2D eigenvalue weighted by Crippen LogP contribution is 2.32. The summed E-state index contributed by atoms with van der Waals surface area (Å²) >= 11 is 0. The fourth-order valence-corrected chi connectivity index (χ4v) is 3.60. The zero-order valence-corrected chi connectivity index (χ0v) is 19.9. The predicted octanol–water partition coefficient (Wildman–Crippen LogP) is 3.93. The number of carbonyl (C=O) groups is 1. The topological polar surface area (TPSA) is 112 Å². The van der Waals surface area contributed by atoms with E-state index >= 15 is 0 Å². The highest BCUT2D eigenvalue weighted by atomic mass is 19.1. The molecule has 0 unspecified atom stereocenters. The molecule has 0 aliphatic heterocycles. The van der Waals surface area contributed by atoms with Gasteiger partial charge in [0.2, 0.25) is 0 Å². The lowest BCUT2D eigenvalue weighted by molar-refractivity contribution is -0.152. The van der Waals surface area contributed by atoms with Crippen LogP contribution in [-0.4, -0.2) is 52.7 Å². The minimum atomic E-state index is -0.573. The molecule has 0 fully saturated rings. The minimum Gasteiger partial charge on any atom is -0.459 e. The van der Waals surface area contributed by atoms with Crippen LogP contribution in [0.3, 0.4) is 0 Å². The number of aromatic nitrogens is 7. The average molecular weight is 487 g/mol. The Morgan fingerprint density at radius 3 is 2.64 bits per heavy atom. The van der Waals surface area contributed by atoms with E-state index in [9.17, 15) is 9.18 Å². The molecule has 0 saturated heterocycles. The molecule has 36 heavy (non-hydrogen) atoms. The zero-order valence-electron chi connectivity index (χ0n) is 19.9. The van der Waals surface area contributed by atoms with E-state index in [1.807, 2.05) is 39.1 Å². The van der Waals surface area contributed by atoms with Crippen LogP contribution in [0.25, 0.3) is 33.8 Å². The van der Waals surface area contributed by atoms with Crippen molar-refractivity contribution in [3.05, 3.63) is 73.1 Å². The summed E-state index contributed by atoms with van der Waals surface area (Å²) < 4.78 is 22.2. The first kappa shape index (κ1) is 23.1. The Labute approximate surface area is 205 Å². The number of carbonyl (C=O) groups excluding carboxylic acids is 1. The summed E-state index contributed by atoms with van der Waals surface area (Å²) in [6.07, 6.45) is 4.99. The van der Waals surface area contributed by atoms with Crippen LogP contribution in [0.2, 0.25) is 0 Å². The lowest BCUT2D eigenvalue weighted by atomic mass is 10.0. The van der Waals surface area contributed by atoms with Crippen molar-refractivity contribution in [3.8, 4) is 28.2 Å². The molecular formula is C25H23FN8O2. The number of fused-ring (bicyclic) bond motifs is 1. The number of nitrogens with zero attached hydrogens (tertiary/aromatic N) is 7. The summed E-state index contributed by atoms with van der Waals surface area (Å²) in [6.45, 7) is 5.41. The van der Waals surface area contributed by atoms with E-state index in [0.717, 1.165) is 16.7 Å². The van der Waals surface area contributed by atoms with Crippen LogP contribution in [0.4, 0.5) is 10.2 Å². The average Bonchev–Trinajstić information content (AvgIpc) is 3.49. The Bertz CT molecular complexity index is 1540. The molecule has 0 bridgehead atoms. The van der Waals surface area contributed by atoms with Gasteiger partial charge in [-0.15, -0.1) is 15.3 Å². The predicted molar refractivity (Wildman–Crippen MR) is 131 cm³/mol. The van der Waals surface area contributed by atoms with Crippen molar-refractivity contribution >= 4 is 17.4 Å². The smallest absolute Gasteiger partial charge is 0.325 e. The molecule has 5 aromatic rings. The van der Waals surface area contributed by atoms with Crippen molar-refractivity contribution < 1.29 is 13.9 Å². The fraction of sp³-hybridized carbons (Fsp3) is 0.200. The zero-order chi connectivity index (χ0) is 25.3. The molecule has 0 radical (unpaired) electrons. The number of hydrogen-bond acceptors (Lipinski definition) is 8. The van der Waals surface area contributed by atoms with Gasteiger partial charge in [0.1, 0.15) is 35.8 Å². The Hall–Kier alpha value is -4.67. The lowest BCUT2D eigenvalue weighted by Crippen LogP contribution is -2.28. The summed E-state index contributed by atoms with van der Waals surface area (Å²) in [4.78, 5) is 16.4. The van der Waals surface area contributed by atoms with Crippen LogP contribution in [0.15, 0.2) is 67.3 Å². The van der Waals surface area contributed by atoms with Gasteiger partial charge in [-0.2, -0.15) is 9.61 Å². The van der Waals surface area contributed by atoms with Gasteiger partial charge < -0.3 is 10.1 Å². The summed E-state index contributed by atoms with van der Waals surface area (Å²) in [5.41, 5.74) is 2.97. The van der Waals surface area contributed by atoms with Crippen molar-refractivity contribution in [2.24, 2.45) is 0 Å². The number of hydrogen-bond donors (Lipinski definition) is 1. The van der Waals surface area contributed by atoms with Crippen LogP contribution in [0.1, 0.15) is 20.8 Å². The molecule has 0 saturated carbocycles. The van der Waals surface area contributed by atoms with Crippen LogP contribution in [0.5, 0.6) is 0 Å². The van der Waals surface area contributed by atoms with E-state index in [1.54, 1.807) is 39.7 Å². The molecule has 182 valence electrons. The van der Waals surface area contributed by atoms with Crippen molar-refractivity contribution in [1.82, 2.24) is 34.6 Å². The van der Waals surface area contributed by atoms with Gasteiger partial charge >= 0.3 is 5.97 Å². The minimum absolute atomic E-state index is 0.0271. The SMILES string of the molecule is CC(C)(C)OC(=O)CNc1cc(-c2cn(-c3ccc4nncn4n3)nc2-c2ccc(F)cc2)ccn1. The molecule has 4 heterocycles. The molecule has 4 aromatic heterocycles. The van der Waals surface area contributed by atoms with E-state index in [1.165, 1.54) is 18.5 Å². The highest BCUT2D eigenvalue weighted by Gasteiger charge is 2.18.